The fraction of sp³-hybridized carbons (Fsp3) is 0.200. The number of nitrogens with zero attached hydrogens (tertiary/aromatic N) is 2. The molecular weight excluding hydrogens is 435 g/mol. The number of hydrogen-bond donors (Lipinski definition) is 1. The van der Waals surface area contributed by atoms with E-state index in [1.54, 1.807) is 6.07 Å². The maximum absolute atomic E-state index is 13.2. The van der Waals surface area contributed by atoms with Crippen molar-refractivity contribution in [2.24, 2.45) is 0 Å². The lowest BCUT2D eigenvalue weighted by molar-refractivity contribution is -0.137. The second kappa shape index (κ2) is 8.42. The number of rotatable bonds is 6. The Kier molecular flexibility index (Phi) is 6.07. The van der Waals surface area contributed by atoms with Gasteiger partial charge in [0, 0.05) is 12.4 Å². The lowest BCUT2D eigenvalue weighted by Gasteiger charge is -2.19. The van der Waals surface area contributed by atoms with E-state index in [2.05, 4.69) is 14.6 Å². The quantitative estimate of drug-likeness (QED) is 0.566. The highest BCUT2D eigenvalue weighted by Crippen LogP contribution is 2.35. The zero-order valence-corrected chi connectivity index (χ0v) is 17.2. The van der Waals surface area contributed by atoms with Crippen molar-refractivity contribution < 1.29 is 31.1 Å². The second-order valence-corrected chi connectivity index (χ2v) is 8.59. The molecule has 1 atom stereocenters. The first-order chi connectivity index (χ1) is 14.5. The number of sulfonamides is 1. The van der Waals surface area contributed by atoms with Crippen molar-refractivity contribution in [3.05, 3.63) is 77.6 Å². The first-order valence-electron chi connectivity index (χ1n) is 8.94. The van der Waals surface area contributed by atoms with Crippen LogP contribution in [0.5, 0.6) is 0 Å². The summed E-state index contributed by atoms with van der Waals surface area (Å²) in [7, 11) is -3.01. The molecule has 1 heterocycles. The predicted octanol–water partition coefficient (Wildman–Crippen LogP) is 4.18. The minimum Gasteiger partial charge on any atom is -0.465 e. The number of methoxy groups -OCH3 is 1. The van der Waals surface area contributed by atoms with Crippen LogP contribution in [0, 0.1) is 0 Å². The summed E-state index contributed by atoms with van der Waals surface area (Å²) in [6.45, 7) is 1.36. The van der Waals surface area contributed by atoms with Gasteiger partial charge in [0.1, 0.15) is 5.25 Å². The van der Waals surface area contributed by atoms with Crippen molar-refractivity contribution in [1.29, 1.82) is 0 Å². The van der Waals surface area contributed by atoms with E-state index in [1.165, 1.54) is 55.4 Å². The highest BCUT2D eigenvalue weighted by atomic mass is 32.2. The fourth-order valence-corrected chi connectivity index (χ4v) is 4.01. The maximum atomic E-state index is 13.2. The molecule has 0 radical (unpaired) electrons. The van der Waals surface area contributed by atoms with E-state index in [4.69, 9.17) is 0 Å². The van der Waals surface area contributed by atoms with Crippen LogP contribution in [0.15, 0.2) is 60.9 Å². The van der Waals surface area contributed by atoms with Crippen LogP contribution in [0.4, 0.5) is 18.9 Å². The number of carbonyl (C=O) groups excluding carboxylic acids is 1. The van der Waals surface area contributed by atoms with Crippen molar-refractivity contribution in [2.75, 3.05) is 11.8 Å². The number of alkyl halides is 3. The van der Waals surface area contributed by atoms with Gasteiger partial charge in [0.25, 0.3) is 0 Å². The number of halogens is 3. The van der Waals surface area contributed by atoms with Gasteiger partial charge < -0.3 is 4.74 Å². The molecule has 31 heavy (non-hydrogen) atoms. The number of benzene rings is 2. The van der Waals surface area contributed by atoms with Gasteiger partial charge >= 0.3 is 12.1 Å². The van der Waals surface area contributed by atoms with Crippen LogP contribution in [-0.2, 0) is 20.9 Å². The molecule has 0 bridgehead atoms. The van der Waals surface area contributed by atoms with E-state index in [0.717, 1.165) is 12.1 Å². The Bertz CT molecular complexity index is 1190. The summed E-state index contributed by atoms with van der Waals surface area (Å²) >= 11 is 0. The maximum Gasteiger partial charge on any atom is 0.416 e. The van der Waals surface area contributed by atoms with E-state index < -0.39 is 33.0 Å². The minimum absolute atomic E-state index is 0.122. The molecule has 0 saturated carbocycles. The first-order valence-corrected chi connectivity index (χ1v) is 10.5. The lowest BCUT2D eigenvalue weighted by Crippen LogP contribution is -2.21. The molecule has 0 spiro atoms. The third kappa shape index (κ3) is 4.88. The van der Waals surface area contributed by atoms with Gasteiger partial charge in [-0.25, -0.2) is 17.9 Å². The summed E-state index contributed by atoms with van der Waals surface area (Å²) in [6, 6.07) is 10.1. The molecule has 3 aromatic rings. The molecule has 1 N–H and O–H groups in total. The number of carbonyl (C=O) groups is 1. The topological polar surface area (TPSA) is 90.3 Å². The third-order valence-corrected chi connectivity index (χ3v) is 6.28. The van der Waals surface area contributed by atoms with Crippen LogP contribution >= 0.6 is 0 Å². The Morgan fingerprint density at radius 1 is 1.16 bits per heavy atom. The van der Waals surface area contributed by atoms with Gasteiger partial charge in [0.2, 0.25) is 10.0 Å². The molecule has 0 aliphatic heterocycles. The largest absolute Gasteiger partial charge is 0.465 e. The molecule has 1 aromatic heterocycles. The van der Waals surface area contributed by atoms with Gasteiger partial charge in [0.15, 0.2) is 0 Å². The molecule has 3 rings (SSSR count). The molecule has 0 aliphatic carbocycles. The molecule has 11 heteroatoms. The smallest absolute Gasteiger partial charge is 0.416 e. The zero-order chi connectivity index (χ0) is 22.8. The normalized spacial score (nSPS) is 12.9. The molecule has 0 saturated heterocycles. The summed E-state index contributed by atoms with van der Waals surface area (Å²) in [5.74, 6) is -0.641. The SMILES string of the molecule is COC(=O)c1cccc(C(C)S(=O)(=O)Nc2cc(C(F)(F)F)ccc2-n2cccn2)c1. The standard InChI is InChI=1S/C20H18F3N3O4S/c1-13(14-5-3-6-15(11-14)19(27)30-2)31(28,29)25-17-12-16(20(21,22)23)7-8-18(17)26-10-4-9-24-26/h3-13,25H,1-2H3. The summed E-state index contributed by atoms with van der Waals surface area (Å²) in [4.78, 5) is 11.7. The highest BCUT2D eigenvalue weighted by Gasteiger charge is 2.32. The second-order valence-electron chi connectivity index (χ2n) is 6.59. The predicted molar refractivity (Wildman–Crippen MR) is 107 cm³/mol. The Balaban J connectivity index is 2.01. The number of aromatic nitrogens is 2. The van der Waals surface area contributed by atoms with Crippen LogP contribution in [0.2, 0.25) is 0 Å². The van der Waals surface area contributed by atoms with Crippen LogP contribution in [0.1, 0.15) is 33.7 Å². The summed E-state index contributed by atoms with van der Waals surface area (Å²) in [5, 5.41) is 2.78. The van der Waals surface area contributed by atoms with Gasteiger partial charge in [-0.05, 0) is 48.9 Å². The number of esters is 1. The van der Waals surface area contributed by atoms with Crippen molar-refractivity contribution >= 4 is 21.7 Å². The van der Waals surface area contributed by atoms with E-state index in [-0.39, 0.29) is 22.5 Å². The van der Waals surface area contributed by atoms with Gasteiger partial charge in [0.05, 0.1) is 29.6 Å². The summed E-state index contributed by atoms with van der Waals surface area (Å²) in [5.41, 5.74) is -0.755. The number of ether oxygens (including phenoxy) is 1. The van der Waals surface area contributed by atoms with E-state index >= 15 is 0 Å². The lowest BCUT2D eigenvalue weighted by atomic mass is 10.1. The minimum atomic E-state index is -4.66. The van der Waals surface area contributed by atoms with E-state index in [1.807, 2.05) is 0 Å². The average molecular weight is 453 g/mol. The van der Waals surface area contributed by atoms with Crippen molar-refractivity contribution in [2.45, 2.75) is 18.3 Å². The van der Waals surface area contributed by atoms with Gasteiger partial charge in [-0.2, -0.15) is 18.3 Å². The monoisotopic (exact) mass is 453 g/mol. The highest BCUT2D eigenvalue weighted by molar-refractivity contribution is 7.92. The molecule has 1 unspecified atom stereocenters. The van der Waals surface area contributed by atoms with Gasteiger partial charge in [-0.15, -0.1) is 0 Å². The van der Waals surface area contributed by atoms with Crippen LogP contribution in [0.3, 0.4) is 0 Å². The Morgan fingerprint density at radius 2 is 1.90 bits per heavy atom. The van der Waals surface area contributed by atoms with Crippen LogP contribution < -0.4 is 4.72 Å². The molecular formula is C20H18F3N3O4S. The van der Waals surface area contributed by atoms with Crippen molar-refractivity contribution in [1.82, 2.24) is 9.78 Å². The van der Waals surface area contributed by atoms with E-state index in [0.29, 0.717) is 6.07 Å². The Labute approximate surface area is 176 Å². The molecule has 2 aromatic carbocycles. The first kappa shape index (κ1) is 22.3. The number of nitrogens with one attached hydrogen (secondary N) is 1. The Hall–Kier alpha value is -3.34. The fourth-order valence-electron chi connectivity index (χ4n) is 2.86. The molecule has 7 nitrogen and oxygen atoms in total. The van der Waals surface area contributed by atoms with Crippen molar-refractivity contribution in [3.8, 4) is 5.69 Å². The number of hydrogen-bond acceptors (Lipinski definition) is 5. The summed E-state index contributed by atoms with van der Waals surface area (Å²) in [6.07, 6.45) is -1.77. The summed E-state index contributed by atoms with van der Waals surface area (Å²) < 4.78 is 73.7. The third-order valence-electron chi connectivity index (χ3n) is 4.57. The van der Waals surface area contributed by atoms with Crippen molar-refractivity contribution in [3.63, 3.8) is 0 Å². The van der Waals surface area contributed by atoms with Crippen LogP contribution in [0.25, 0.3) is 5.69 Å². The van der Waals surface area contributed by atoms with Gasteiger partial charge in [-0.1, -0.05) is 12.1 Å². The van der Waals surface area contributed by atoms with Crippen LogP contribution in [-0.4, -0.2) is 31.3 Å². The molecule has 0 fully saturated rings. The van der Waals surface area contributed by atoms with E-state index in [9.17, 15) is 26.4 Å². The average Bonchev–Trinajstić information content (AvgIpc) is 3.26. The molecule has 164 valence electrons. The number of anilines is 1. The molecule has 0 aliphatic rings. The Morgan fingerprint density at radius 3 is 2.52 bits per heavy atom. The molecule has 0 amide bonds. The zero-order valence-electron chi connectivity index (χ0n) is 16.4. The van der Waals surface area contributed by atoms with Gasteiger partial charge in [-0.3, -0.25) is 4.72 Å².